The number of halogens is 3. The maximum atomic E-state index is 12.6. The Morgan fingerprint density at radius 2 is 1.82 bits per heavy atom. The van der Waals surface area contributed by atoms with Gasteiger partial charge in [-0.1, -0.05) is 18.6 Å². The summed E-state index contributed by atoms with van der Waals surface area (Å²) in [5.74, 6) is -0.149. The van der Waals surface area contributed by atoms with Gasteiger partial charge in [-0.05, 0) is 37.1 Å². The first-order valence-electron chi connectivity index (χ1n) is 7.08. The summed E-state index contributed by atoms with van der Waals surface area (Å²) >= 11 is 0. The van der Waals surface area contributed by atoms with Crippen molar-refractivity contribution in [2.75, 3.05) is 18.8 Å². The van der Waals surface area contributed by atoms with E-state index in [9.17, 15) is 21.6 Å². The molecule has 8 heteroatoms. The number of benzene rings is 1. The van der Waals surface area contributed by atoms with E-state index < -0.39 is 21.8 Å². The van der Waals surface area contributed by atoms with E-state index in [1.54, 1.807) is 0 Å². The Hall–Kier alpha value is -1.12. The molecule has 1 aromatic carbocycles. The Bertz CT molecular complexity index is 600. The van der Waals surface area contributed by atoms with Gasteiger partial charge in [-0.25, -0.2) is 13.6 Å². The Morgan fingerprint density at radius 1 is 1.18 bits per heavy atom. The Balaban J connectivity index is 2.13. The third-order valence-corrected chi connectivity index (χ3v) is 4.65. The minimum absolute atomic E-state index is 0.0576. The first kappa shape index (κ1) is 17.2. The van der Waals surface area contributed by atoms with E-state index in [1.807, 2.05) is 4.90 Å². The largest absolute Gasteiger partial charge is 0.416 e. The molecule has 2 rings (SSSR count). The van der Waals surface area contributed by atoms with Crippen molar-refractivity contribution in [1.29, 1.82) is 0 Å². The molecule has 0 amide bonds. The average molecular weight is 336 g/mol. The molecule has 1 fully saturated rings. The van der Waals surface area contributed by atoms with Gasteiger partial charge in [0.25, 0.3) is 0 Å². The topological polar surface area (TPSA) is 63.4 Å². The molecule has 1 aliphatic rings. The molecule has 1 aromatic rings. The van der Waals surface area contributed by atoms with Crippen molar-refractivity contribution in [3.05, 3.63) is 35.4 Å². The molecule has 2 N–H and O–H groups in total. The van der Waals surface area contributed by atoms with Crippen molar-refractivity contribution in [3.63, 3.8) is 0 Å². The highest BCUT2D eigenvalue weighted by Gasteiger charge is 2.31. The van der Waals surface area contributed by atoms with Gasteiger partial charge in [-0.15, -0.1) is 0 Å². The number of primary sulfonamides is 1. The number of nitrogens with zero attached hydrogens (tertiary/aromatic N) is 1. The second-order valence-electron chi connectivity index (χ2n) is 5.53. The molecule has 0 aromatic heterocycles. The van der Waals surface area contributed by atoms with Gasteiger partial charge in [0.15, 0.2) is 0 Å². The summed E-state index contributed by atoms with van der Waals surface area (Å²) in [6.07, 6.45) is -1.63. The van der Waals surface area contributed by atoms with Crippen molar-refractivity contribution < 1.29 is 21.6 Å². The van der Waals surface area contributed by atoms with Crippen molar-refractivity contribution >= 4 is 10.0 Å². The molecule has 4 nitrogen and oxygen atoms in total. The molecule has 1 aliphatic heterocycles. The summed E-state index contributed by atoms with van der Waals surface area (Å²) < 4.78 is 60.0. The van der Waals surface area contributed by atoms with Crippen LogP contribution in [-0.2, 0) is 16.2 Å². The molecule has 0 aliphatic carbocycles. The van der Waals surface area contributed by atoms with E-state index >= 15 is 0 Å². The number of hydrogen-bond acceptors (Lipinski definition) is 3. The Kier molecular flexibility index (Phi) is 5.14. The van der Waals surface area contributed by atoms with Crippen LogP contribution in [0.5, 0.6) is 0 Å². The number of rotatable bonds is 4. The van der Waals surface area contributed by atoms with E-state index in [0.29, 0.717) is 6.54 Å². The van der Waals surface area contributed by atoms with Crippen molar-refractivity contribution in [1.82, 2.24) is 4.90 Å². The first-order valence-corrected chi connectivity index (χ1v) is 8.80. The lowest BCUT2D eigenvalue weighted by Crippen LogP contribution is -2.38. The molecule has 0 bridgehead atoms. The second-order valence-corrected chi connectivity index (χ2v) is 7.27. The molecule has 0 unspecified atom stereocenters. The van der Waals surface area contributed by atoms with Crippen LogP contribution in [0.15, 0.2) is 24.3 Å². The van der Waals surface area contributed by atoms with Crippen LogP contribution in [0.4, 0.5) is 13.2 Å². The molecule has 0 spiro atoms. The molecule has 1 heterocycles. The number of piperidine rings is 1. The van der Waals surface area contributed by atoms with Gasteiger partial charge in [0.05, 0.1) is 11.3 Å². The zero-order valence-electron chi connectivity index (χ0n) is 12.0. The van der Waals surface area contributed by atoms with Gasteiger partial charge in [0.2, 0.25) is 10.0 Å². The monoisotopic (exact) mass is 336 g/mol. The summed E-state index contributed by atoms with van der Waals surface area (Å²) in [6.45, 7) is 1.02. The average Bonchev–Trinajstić information content (AvgIpc) is 2.44. The molecule has 1 atom stereocenters. The van der Waals surface area contributed by atoms with Crippen LogP contribution >= 0.6 is 0 Å². The fraction of sp³-hybridized carbons (Fsp3) is 0.571. The highest BCUT2D eigenvalue weighted by Crippen LogP contribution is 2.34. The summed E-state index contributed by atoms with van der Waals surface area (Å²) in [5, 5.41) is 5.03. The number of hydrogen-bond donors (Lipinski definition) is 1. The van der Waals surface area contributed by atoms with Gasteiger partial charge < -0.3 is 0 Å². The van der Waals surface area contributed by atoms with E-state index in [-0.39, 0.29) is 11.8 Å². The predicted octanol–water partition coefficient (Wildman–Crippen LogP) is 2.52. The minimum Gasteiger partial charge on any atom is -0.295 e. The summed E-state index contributed by atoms with van der Waals surface area (Å²) in [6, 6.07) is 5.03. The van der Waals surface area contributed by atoms with Crippen LogP contribution in [0, 0.1) is 0 Å². The summed E-state index contributed by atoms with van der Waals surface area (Å²) in [4.78, 5) is 1.98. The predicted molar refractivity (Wildman–Crippen MR) is 77.6 cm³/mol. The molecular formula is C14H19F3N2O2S. The van der Waals surface area contributed by atoms with Crippen LogP contribution < -0.4 is 5.14 Å². The smallest absolute Gasteiger partial charge is 0.295 e. The number of nitrogens with two attached hydrogens (primary N) is 1. The van der Waals surface area contributed by atoms with Crippen molar-refractivity contribution in [2.24, 2.45) is 5.14 Å². The van der Waals surface area contributed by atoms with Crippen LogP contribution in [0.25, 0.3) is 0 Å². The second kappa shape index (κ2) is 6.55. The lowest BCUT2D eigenvalue weighted by atomic mass is 9.94. The van der Waals surface area contributed by atoms with Crippen LogP contribution in [0.2, 0.25) is 0 Å². The van der Waals surface area contributed by atoms with Crippen LogP contribution in [0.3, 0.4) is 0 Å². The van der Waals surface area contributed by atoms with Crippen LogP contribution in [-0.4, -0.2) is 32.2 Å². The quantitative estimate of drug-likeness (QED) is 0.919. The summed E-state index contributed by atoms with van der Waals surface area (Å²) in [7, 11) is -3.55. The standard InChI is InChI=1S/C14H19F3N2O2S/c15-14(16,17)12-6-4-11(5-7-12)13-3-1-2-8-19(13)9-10-22(18,20)21/h4-7,13H,1-3,8-10H2,(H2,18,20,21)/t13-/m1/s1. The highest BCUT2D eigenvalue weighted by molar-refractivity contribution is 7.89. The summed E-state index contributed by atoms with van der Waals surface area (Å²) in [5.41, 5.74) is 0.102. The normalized spacial score (nSPS) is 21.0. The van der Waals surface area contributed by atoms with Crippen LogP contribution in [0.1, 0.15) is 36.4 Å². The van der Waals surface area contributed by atoms with Gasteiger partial charge in [0, 0.05) is 12.6 Å². The number of sulfonamides is 1. The molecule has 22 heavy (non-hydrogen) atoms. The Morgan fingerprint density at radius 3 is 2.36 bits per heavy atom. The van der Waals surface area contributed by atoms with Crippen molar-refractivity contribution in [2.45, 2.75) is 31.5 Å². The maximum absolute atomic E-state index is 12.6. The fourth-order valence-electron chi connectivity index (χ4n) is 2.77. The molecule has 0 saturated carbocycles. The number of alkyl halides is 3. The molecule has 124 valence electrons. The van der Waals surface area contributed by atoms with Gasteiger partial charge >= 0.3 is 6.18 Å². The molecule has 1 saturated heterocycles. The zero-order valence-corrected chi connectivity index (χ0v) is 12.8. The van der Waals surface area contributed by atoms with Gasteiger partial charge in [-0.2, -0.15) is 13.2 Å². The third-order valence-electron chi connectivity index (χ3n) is 3.90. The van der Waals surface area contributed by atoms with E-state index in [4.69, 9.17) is 5.14 Å². The number of likely N-dealkylation sites (tertiary alicyclic amines) is 1. The minimum atomic E-state index is -4.35. The zero-order chi connectivity index (χ0) is 16.4. The maximum Gasteiger partial charge on any atom is 0.416 e. The first-order chi connectivity index (χ1) is 10.2. The third kappa shape index (κ3) is 4.69. The van der Waals surface area contributed by atoms with Gasteiger partial charge in [0.1, 0.15) is 0 Å². The Labute approximate surface area is 128 Å². The lowest BCUT2D eigenvalue weighted by molar-refractivity contribution is -0.137. The lowest BCUT2D eigenvalue weighted by Gasteiger charge is -2.36. The molecular weight excluding hydrogens is 317 g/mol. The van der Waals surface area contributed by atoms with Gasteiger partial charge in [-0.3, -0.25) is 4.90 Å². The van der Waals surface area contributed by atoms with E-state index in [2.05, 4.69) is 0 Å². The van der Waals surface area contributed by atoms with E-state index in [0.717, 1.165) is 43.5 Å². The van der Waals surface area contributed by atoms with E-state index in [1.165, 1.54) is 12.1 Å². The highest BCUT2D eigenvalue weighted by atomic mass is 32.2. The van der Waals surface area contributed by atoms with Crippen molar-refractivity contribution in [3.8, 4) is 0 Å². The molecule has 0 radical (unpaired) electrons. The fourth-order valence-corrected chi connectivity index (χ4v) is 3.26. The SMILES string of the molecule is NS(=O)(=O)CCN1CCCC[C@@H]1c1ccc(C(F)(F)F)cc1.